The zero-order chi connectivity index (χ0) is 24.8. The van der Waals surface area contributed by atoms with Gasteiger partial charge in [-0.15, -0.1) is 0 Å². The lowest BCUT2D eigenvalue weighted by Crippen LogP contribution is -2.41. The number of esters is 2. The molecule has 0 fully saturated rings. The largest absolute Gasteiger partial charge is 0.465 e. The third kappa shape index (κ3) is 15.5. The quantitative estimate of drug-likeness (QED) is 0.0854. The summed E-state index contributed by atoms with van der Waals surface area (Å²) in [6, 6.07) is 0. The van der Waals surface area contributed by atoms with Crippen LogP contribution in [0.25, 0.3) is 0 Å². The van der Waals surface area contributed by atoms with E-state index in [4.69, 9.17) is 9.47 Å². The fourth-order valence-corrected chi connectivity index (χ4v) is 4.21. The smallest absolute Gasteiger partial charge is 0.323 e. The molecule has 0 atom stereocenters. The number of carbonyl (C=O) groups is 2. The standard InChI is InChI=1S/C29H56O4/c1-6-9-10-11-12-13-14-15-16-17-18-19-20-21-22-24-32-27(30)29(7-2,8-3)28(31)33-25-23-26(4)5/h26H,6-25H2,1-5H3. The summed E-state index contributed by atoms with van der Waals surface area (Å²) in [6.07, 6.45) is 21.3. The lowest BCUT2D eigenvalue weighted by molar-refractivity contribution is -0.173. The van der Waals surface area contributed by atoms with Crippen LogP contribution < -0.4 is 0 Å². The van der Waals surface area contributed by atoms with Crippen LogP contribution in [-0.4, -0.2) is 25.2 Å². The van der Waals surface area contributed by atoms with E-state index in [1.54, 1.807) is 0 Å². The van der Waals surface area contributed by atoms with Gasteiger partial charge in [0.25, 0.3) is 0 Å². The molecular weight excluding hydrogens is 412 g/mol. The maximum absolute atomic E-state index is 12.7. The molecule has 0 aliphatic rings. The van der Waals surface area contributed by atoms with Gasteiger partial charge in [0.15, 0.2) is 5.41 Å². The van der Waals surface area contributed by atoms with Gasteiger partial charge >= 0.3 is 11.9 Å². The minimum Gasteiger partial charge on any atom is -0.465 e. The van der Waals surface area contributed by atoms with Crippen molar-refractivity contribution in [2.24, 2.45) is 11.3 Å². The van der Waals surface area contributed by atoms with Crippen LogP contribution in [0.4, 0.5) is 0 Å². The van der Waals surface area contributed by atoms with Crippen molar-refractivity contribution in [2.75, 3.05) is 13.2 Å². The molecule has 0 aliphatic heterocycles. The van der Waals surface area contributed by atoms with E-state index in [1.165, 1.54) is 83.5 Å². The number of ether oxygens (including phenoxy) is 2. The molecule has 0 saturated heterocycles. The Labute approximate surface area is 206 Å². The first-order valence-electron chi connectivity index (χ1n) is 14.3. The molecule has 4 heteroatoms. The zero-order valence-electron chi connectivity index (χ0n) is 22.9. The van der Waals surface area contributed by atoms with Gasteiger partial charge in [-0.25, -0.2) is 0 Å². The van der Waals surface area contributed by atoms with Crippen molar-refractivity contribution >= 4 is 11.9 Å². The van der Waals surface area contributed by atoms with E-state index in [0.717, 1.165) is 19.3 Å². The molecule has 0 N–H and O–H groups in total. The van der Waals surface area contributed by atoms with Gasteiger partial charge in [-0.05, 0) is 31.6 Å². The van der Waals surface area contributed by atoms with Gasteiger partial charge in [-0.1, -0.05) is 125 Å². The summed E-state index contributed by atoms with van der Waals surface area (Å²) in [4.78, 5) is 25.3. The number of hydrogen-bond donors (Lipinski definition) is 0. The summed E-state index contributed by atoms with van der Waals surface area (Å²) in [6.45, 7) is 10.9. The summed E-state index contributed by atoms with van der Waals surface area (Å²) < 4.78 is 10.9. The van der Waals surface area contributed by atoms with Crippen LogP contribution >= 0.6 is 0 Å². The highest BCUT2D eigenvalue weighted by Crippen LogP contribution is 2.30. The average molecular weight is 469 g/mol. The Bertz CT molecular complexity index is 468. The molecule has 0 rings (SSSR count). The average Bonchev–Trinajstić information content (AvgIpc) is 2.79. The minimum atomic E-state index is -1.15. The van der Waals surface area contributed by atoms with E-state index in [-0.39, 0.29) is 0 Å². The van der Waals surface area contributed by atoms with Gasteiger partial charge in [-0.3, -0.25) is 9.59 Å². The lowest BCUT2D eigenvalue weighted by Gasteiger charge is -2.27. The molecule has 4 nitrogen and oxygen atoms in total. The predicted molar refractivity (Wildman–Crippen MR) is 139 cm³/mol. The van der Waals surface area contributed by atoms with Gasteiger partial charge < -0.3 is 9.47 Å². The molecule has 33 heavy (non-hydrogen) atoms. The second-order valence-corrected chi connectivity index (χ2v) is 10.2. The Morgan fingerprint density at radius 1 is 0.576 bits per heavy atom. The molecule has 0 aromatic carbocycles. The molecular formula is C29H56O4. The van der Waals surface area contributed by atoms with Crippen LogP contribution in [0.2, 0.25) is 0 Å². The van der Waals surface area contributed by atoms with Crippen LogP contribution in [0.1, 0.15) is 150 Å². The van der Waals surface area contributed by atoms with Gasteiger partial charge in [0.1, 0.15) is 0 Å². The third-order valence-electron chi connectivity index (χ3n) is 6.90. The highest BCUT2D eigenvalue weighted by molar-refractivity contribution is 5.99. The molecule has 0 radical (unpaired) electrons. The Kier molecular flexibility index (Phi) is 20.8. The molecule has 0 bridgehead atoms. The van der Waals surface area contributed by atoms with Gasteiger partial charge in [0.2, 0.25) is 0 Å². The van der Waals surface area contributed by atoms with Crippen molar-refractivity contribution in [3.05, 3.63) is 0 Å². The van der Waals surface area contributed by atoms with E-state index in [2.05, 4.69) is 20.8 Å². The molecule has 0 aromatic rings. The normalized spacial score (nSPS) is 11.7. The Balaban J connectivity index is 3.79. The van der Waals surface area contributed by atoms with Crippen molar-refractivity contribution in [1.29, 1.82) is 0 Å². The summed E-state index contributed by atoms with van der Waals surface area (Å²) in [7, 11) is 0. The SMILES string of the molecule is CCCCCCCCCCCCCCCCCOC(=O)C(CC)(CC)C(=O)OCCC(C)C. The Hall–Kier alpha value is -1.06. The number of unbranched alkanes of at least 4 members (excludes halogenated alkanes) is 14. The monoisotopic (exact) mass is 468 g/mol. The van der Waals surface area contributed by atoms with Gasteiger partial charge in [-0.2, -0.15) is 0 Å². The van der Waals surface area contributed by atoms with Gasteiger partial charge in [0.05, 0.1) is 13.2 Å². The maximum atomic E-state index is 12.7. The minimum absolute atomic E-state index is 0.366. The van der Waals surface area contributed by atoms with E-state index < -0.39 is 17.4 Å². The van der Waals surface area contributed by atoms with Crippen LogP contribution in [0.3, 0.4) is 0 Å². The summed E-state index contributed by atoms with van der Waals surface area (Å²) in [5, 5.41) is 0. The first kappa shape index (κ1) is 31.9. The second kappa shape index (κ2) is 21.5. The molecule has 0 amide bonds. The predicted octanol–water partition coefficient (Wildman–Crippen LogP) is 8.80. The molecule has 0 heterocycles. The van der Waals surface area contributed by atoms with Crippen LogP contribution in [0, 0.1) is 11.3 Å². The second-order valence-electron chi connectivity index (χ2n) is 10.2. The number of carbonyl (C=O) groups excluding carboxylic acids is 2. The van der Waals surface area contributed by atoms with Crippen molar-refractivity contribution in [2.45, 2.75) is 150 Å². The molecule has 196 valence electrons. The first-order chi connectivity index (χ1) is 15.9. The highest BCUT2D eigenvalue weighted by atomic mass is 16.6. The van der Waals surface area contributed by atoms with E-state index in [0.29, 0.717) is 32.0 Å². The molecule has 0 saturated carbocycles. The first-order valence-corrected chi connectivity index (χ1v) is 14.3. The summed E-state index contributed by atoms with van der Waals surface area (Å²) in [5.41, 5.74) is -1.15. The molecule has 0 aliphatic carbocycles. The summed E-state index contributed by atoms with van der Waals surface area (Å²) in [5.74, 6) is -0.366. The topological polar surface area (TPSA) is 52.6 Å². The van der Waals surface area contributed by atoms with Crippen LogP contribution in [0.15, 0.2) is 0 Å². The highest BCUT2D eigenvalue weighted by Gasteiger charge is 2.45. The van der Waals surface area contributed by atoms with Crippen molar-refractivity contribution in [3.8, 4) is 0 Å². The molecule has 0 unspecified atom stereocenters. The maximum Gasteiger partial charge on any atom is 0.323 e. The number of hydrogen-bond acceptors (Lipinski definition) is 4. The number of rotatable bonds is 23. The van der Waals surface area contributed by atoms with E-state index in [9.17, 15) is 9.59 Å². The van der Waals surface area contributed by atoms with E-state index >= 15 is 0 Å². The van der Waals surface area contributed by atoms with Crippen molar-refractivity contribution < 1.29 is 19.1 Å². The van der Waals surface area contributed by atoms with E-state index in [1.807, 2.05) is 13.8 Å². The Morgan fingerprint density at radius 3 is 1.30 bits per heavy atom. The Morgan fingerprint density at radius 2 is 0.939 bits per heavy atom. The van der Waals surface area contributed by atoms with Gasteiger partial charge in [0, 0.05) is 0 Å². The van der Waals surface area contributed by atoms with Crippen LogP contribution in [0.5, 0.6) is 0 Å². The zero-order valence-corrected chi connectivity index (χ0v) is 22.9. The lowest BCUT2D eigenvalue weighted by atomic mass is 9.82. The third-order valence-corrected chi connectivity index (χ3v) is 6.90. The molecule has 0 spiro atoms. The van der Waals surface area contributed by atoms with Crippen LogP contribution in [-0.2, 0) is 19.1 Å². The summed E-state index contributed by atoms with van der Waals surface area (Å²) >= 11 is 0. The fourth-order valence-electron chi connectivity index (χ4n) is 4.21. The molecule has 0 aromatic heterocycles. The fraction of sp³-hybridized carbons (Fsp3) is 0.931. The van der Waals surface area contributed by atoms with Crippen molar-refractivity contribution in [1.82, 2.24) is 0 Å². The van der Waals surface area contributed by atoms with Crippen molar-refractivity contribution in [3.63, 3.8) is 0 Å².